The minimum absolute atomic E-state index is 0.0301. The molecule has 1 unspecified atom stereocenters. The first-order chi connectivity index (χ1) is 11.2. The molecule has 1 amide bonds. The van der Waals surface area contributed by atoms with Gasteiger partial charge in [-0.25, -0.2) is 4.98 Å². The van der Waals surface area contributed by atoms with Crippen LogP contribution < -0.4 is 10.6 Å². The van der Waals surface area contributed by atoms with Gasteiger partial charge in [-0.15, -0.1) is 11.3 Å². The molecule has 2 heterocycles. The Hall–Kier alpha value is -1.28. The van der Waals surface area contributed by atoms with Gasteiger partial charge in [0.15, 0.2) is 5.13 Å². The van der Waals surface area contributed by atoms with E-state index in [9.17, 15) is 4.79 Å². The van der Waals surface area contributed by atoms with Gasteiger partial charge in [0.2, 0.25) is 5.91 Å². The van der Waals surface area contributed by atoms with Gasteiger partial charge in [0, 0.05) is 41.0 Å². The third kappa shape index (κ3) is 5.10. The van der Waals surface area contributed by atoms with Crippen LogP contribution in [-0.4, -0.2) is 36.7 Å². The molecule has 0 saturated carbocycles. The lowest BCUT2D eigenvalue weighted by atomic mass is 10.1. The highest BCUT2D eigenvalue weighted by atomic mass is 79.9. The molecular weight excluding hydrogens is 378 g/mol. The van der Waals surface area contributed by atoms with Crippen LogP contribution in [0, 0.1) is 0 Å². The number of hydrogen-bond donors (Lipinski definition) is 2. The number of carbonyl (C=O) groups excluding carboxylic acids is 1. The molecule has 122 valence electrons. The first-order valence-corrected chi connectivity index (χ1v) is 9.10. The van der Waals surface area contributed by atoms with Gasteiger partial charge in [-0.05, 0) is 17.7 Å². The van der Waals surface area contributed by atoms with E-state index in [0.717, 1.165) is 22.3 Å². The molecule has 2 N–H and O–H groups in total. The van der Waals surface area contributed by atoms with Crippen LogP contribution in [0.2, 0.25) is 0 Å². The maximum Gasteiger partial charge on any atom is 0.227 e. The summed E-state index contributed by atoms with van der Waals surface area (Å²) in [4.78, 5) is 17.5. The second-order valence-electron chi connectivity index (χ2n) is 5.41. The highest BCUT2D eigenvalue weighted by Gasteiger charge is 2.17. The molecule has 1 atom stereocenters. The molecular formula is C16H18BrN3O2S. The van der Waals surface area contributed by atoms with E-state index in [4.69, 9.17) is 4.74 Å². The van der Waals surface area contributed by atoms with Crippen LogP contribution in [0.1, 0.15) is 16.9 Å². The molecule has 5 nitrogen and oxygen atoms in total. The van der Waals surface area contributed by atoms with Crippen LogP contribution in [0.25, 0.3) is 0 Å². The maximum atomic E-state index is 12.0. The quantitative estimate of drug-likeness (QED) is 0.816. The van der Waals surface area contributed by atoms with Crippen LogP contribution in [0.15, 0.2) is 34.9 Å². The predicted molar refractivity (Wildman–Crippen MR) is 94.9 cm³/mol. The molecule has 0 spiro atoms. The van der Waals surface area contributed by atoms with Crippen LogP contribution >= 0.6 is 27.3 Å². The van der Waals surface area contributed by atoms with Crippen molar-refractivity contribution in [2.24, 2.45) is 0 Å². The van der Waals surface area contributed by atoms with Gasteiger partial charge >= 0.3 is 0 Å². The summed E-state index contributed by atoms with van der Waals surface area (Å²) in [7, 11) is 0. The second kappa shape index (κ2) is 8.01. The molecule has 0 bridgehead atoms. The standard InChI is InChI=1S/C16H18BrN3O2S/c17-12-3-1-11(2-4-12)7-14-9-19-16(23-14)20-15(21)8-13-10-22-6-5-18-13/h1-4,9,13,18H,5-8,10H2,(H,19,20,21). The smallest absolute Gasteiger partial charge is 0.227 e. The summed E-state index contributed by atoms with van der Waals surface area (Å²) in [5.74, 6) is -0.0301. The van der Waals surface area contributed by atoms with Crippen LogP contribution in [0.5, 0.6) is 0 Å². The minimum atomic E-state index is -0.0301. The molecule has 1 aliphatic heterocycles. The Balaban J connectivity index is 1.52. The normalized spacial score (nSPS) is 17.9. The Bertz CT molecular complexity index is 654. The summed E-state index contributed by atoms with van der Waals surface area (Å²) in [6, 6.07) is 8.30. The number of morpholine rings is 1. The van der Waals surface area contributed by atoms with E-state index >= 15 is 0 Å². The number of rotatable bonds is 5. The Kier molecular flexibility index (Phi) is 5.77. The molecule has 0 radical (unpaired) electrons. The van der Waals surface area contributed by atoms with E-state index in [-0.39, 0.29) is 11.9 Å². The minimum Gasteiger partial charge on any atom is -0.378 e. The highest BCUT2D eigenvalue weighted by molar-refractivity contribution is 9.10. The number of nitrogens with zero attached hydrogens (tertiary/aromatic N) is 1. The number of anilines is 1. The van der Waals surface area contributed by atoms with Crippen molar-refractivity contribution in [2.75, 3.05) is 25.1 Å². The number of benzene rings is 1. The average molecular weight is 396 g/mol. The largest absolute Gasteiger partial charge is 0.378 e. The van der Waals surface area contributed by atoms with E-state index in [1.165, 1.54) is 16.9 Å². The van der Waals surface area contributed by atoms with E-state index < -0.39 is 0 Å². The topological polar surface area (TPSA) is 63.2 Å². The number of carbonyl (C=O) groups is 1. The van der Waals surface area contributed by atoms with Crippen molar-refractivity contribution >= 4 is 38.3 Å². The number of thiazole rings is 1. The SMILES string of the molecule is O=C(CC1COCCN1)Nc1ncc(Cc2ccc(Br)cc2)s1. The fraction of sp³-hybridized carbons (Fsp3) is 0.375. The second-order valence-corrected chi connectivity index (χ2v) is 7.44. The molecule has 2 aromatic rings. The number of nitrogens with one attached hydrogen (secondary N) is 2. The zero-order valence-electron chi connectivity index (χ0n) is 12.5. The van der Waals surface area contributed by atoms with Crippen LogP contribution in [0.3, 0.4) is 0 Å². The Morgan fingerprint density at radius 2 is 2.26 bits per heavy atom. The van der Waals surface area contributed by atoms with Gasteiger partial charge < -0.3 is 15.4 Å². The van der Waals surface area contributed by atoms with Gasteiger partial charge in [-0.1, -0.05) is 28.1 Å². The molecule has 7 heteroatoms. The Labute approximate surface area is 147 Å². The van der Waals surface area contributed by atoms with E-state index in [0.29, 0.717) is 24.8 Å². The average Bonchev–Trinajstić information content (AvgIpc) is 2.97. The van der Waals surface area contributed by atoms with Crippen molar-refractivity contribution in [3.05, 3.63) is 45.4 Å². The number of hydrogen-bond acceptors (Lipinski definition) is 5. The zero-order valence-corrected chi connectivity index (χ0v) is 15.0. The fourth-order valence-corrected chi connectivity index (χ4v) is 3.52. The Morgan fingerprint density at radius 3 is 3.00 bits per heavy atom. The Morgan fingerprint density at radius 1 is 1.43 bits per heavy atom. The number of amides is 1. The summed E-state index contributed by atoms with van der Waals surface area (Å²) in [6.07, 6.45) is 3.05. The third-order valence-corrected chi connectivity index (χ3v) is 4.96. The zero-order chi connectivity index (χ0) is 16.1. The summed E-state index contributed by atoms with van der Waals surface area (Å²) >= 11 is 4.95. The molecule has 1 aromatic carbocycles. The molecule has 1 aromatic heterocycles. The molecule has 1 fully saturated rings. The highest BCUT2D eigenvalue weighted by Crippen LogP contribution is 2.22. The first-order valence-electron chi connectivity index (χ1n) is 7.49. The third-order valence-electron chi connectivity index (χ3n) is 3.52. The van der Waals surface area contributed by atoms with E-state index in [2.05, 4.69) is 43.7 Å². The number of ether oxygens (including phenoxy) is 1. The lowest BCUT2D eigenvalue weighted by Gasteiger charge is -2.22. The van der Waals surface area contributed by atoms with Crippen molar-refractivity contribution in [3.63, 3.8) is 0 Å². The van der Waals surface area contributed by atoms with Gasteiger partial charge in [0.25, 0.3) is 0 Å². The number of halogens is 1. The summed E-state index contributed by atoms with van der Waals surface area (Å²) in [5.41, 5.74) is 1.22. The van der Waals surface area contributed by atoms with Crippen molar-refractivity contribution in [3.8, 4) is 0 Å². The fourth-order valence-electron chi connectivity index (χ4n) is 2.40. The number of aromatic nitrogens is 1. The van der Waals surface area contributed by atoms with Crippen LogP contribution in [0.4, 0.5) is 5.13 Å². The molecule has 3 rings (SSSR count). The van der Waals surface area contributed by atoms with Gasteiger partial charge in [0.05, 0.1) is 13.2 Å². The molecule has 1 aliphatic rings. The first kappa shape index (κ1) is 16.6. The lowest BCUT2D eigenvalue weighted by Crippen LogP contribution is -2.43. The van der Waals surface area contributed by atoms with Crippen molar-refractivity contribution in [2.45, 2.75) is 18.9 Å². The van der Waals surface area contributed by atoms with Gasteiger partial charge in [-0.2, -0.15) is 0 Å². The predicted octanol–water partition coefficient (Wildman–Crippen LogP) is 2.81. The van der Waals surface area contributed by atoms with Crippen molar-refractivity contribution < 1.29 is 9.53 Å². The van der Waals surface area contributed by atoms with E-state index in [1.54, 1.807) is 0 Å². The van der Waals surface area contributed by atoms with Gasteiger partial charge in [0.1, 0.15) is 0 Å². The monoisotopic (exact) mass is 395 g/mol. The lowest BCUT2D eigenvalue weighted by molar-refractivity contribution is -0.117. The van der Waals surface area contributed by atoms with Crippen LogP contribution in [-0.2, 0) is 16.0 Å². The summed E-state index contributed by atoms with van der Waals surface area (Å²) < 4.78 is 6.42. The maximum absolute atomic E-state index is 12.0. The molecule has 1 saturated heterocycles. The van der Waals surface area contributed by atoms with E-state index in [1.807, 2.05) is 18.3 Å². The van der Waals surface area contributed by atoms with Gasteiger partial charge in [-0.3, -0.25) is 4.79 Å². The van der Waals surface area contributed by atoms with Crippen molar-refractivity contribution in [1.29, 1.82) is 0 Å². The molecule has 23 heavy (non-hydrogen) atoms. The summed E-state index contributed by atoms with van der Waals surface area (Å²) in [5, 5.41) is 6.79. The summed E-state index contributed by atoms with van der Waals surface area (Å²) in [6.45, 7) is 2.09. The molecule has 0 aliphatic carbocycles. The van der Waals surface area contributed by atoms with Crippen molar-refractivity contribution in [1.82, 2.24) is 10.3 Å².